The van der Waals surface area contributed by atoms with Crippen molar-refractivity contribution in [3.8, 4) is 5.75 Å². The molecule has 0 spiro atoms. The van der Waals surface area contributed by atoms with Gasteiger partial charge in [-0.3, -0.25) is 23.9 Å². The number of primary amides is 1. The number of rotatable bonds is 10. The van der Waals surface area contributed by atoms with Crippen molar-refractivity contribution in [2.24, 2.45) is 5.73 Å². The summed E-state index contributed by atoms with van der Waals surface area (Å²) in [7, 11) is 1.53. The minimum absolute atomic E-state index is 0.0144. The van der Waals surface area contributed by atoms with Gasteiger partial charge >= 0.3 is 5.69 Å². The molecule has 10 nitrogen and oxygen atoms in total. The molecule has 0 aliphatic carbocycles. The molecule has 1 aromatic carbocycles. The Morgan fingerprint density at radius 2 is 1.86 bits per heavy atom. The number of nitrogens with one attached hydrogen (secondary N) is 1. The monoisotopic (exact) mass is 403 g/mol. The van der Waals surface area contributed by atoms with Gasteiger partial charge in [0.2, 0.25) is 5.91 Å². The van der Waals surface area contributed by atoms with E-state index in [0.717, 1.165) is 4.57 Å². The molecule has 1 aromatic heterocycles. The molecule has 0 saturated carbocycles. The van der Waals surface area contributed by atoms with E-state index in [2.05, 4.69) is 4.98 Å². The normalized spacial score (nSPS) is 10.6. The third-order valence-corrected chi connectivity index (χ3v) is 4.37. The molecule has 0 saturated heterocycles. The Bertz CT molecular complexity index is 994. The molecule has 2 aromatic rings. The van der Waals surface area contributed by atoms with Crippen molar-refractivity contribution in [3.05, 3.63) is 50.7 Å². The number of carbonyl (C=O) groups is 2. The number of H-pyrrole nitrogens is 1. The average Bonchev–Trinajstić information content (AvgIpc) is 2.68. The number of ketones is 1. The Morgan fingerprint density at radius 1 is 1.21 bits per heavy atom. The van der Waals surface area contributed by atoms with Gasteiger partial charge in [0.1, 0.15) is 17.1 Å². The summed E-state index contributed by atoms with van der Waals surface area (Å²) in [5.74, 6) is -0.642. The van der Waals surface area contributed by atoms with E-state index in [0.29, 0.717) is 17.9 Å². The van der Waals surface area contributed by atoms with Crippen LogP contribution in [0.5, 0.6) is 5.75 Å². The highest BCUT2D eigenvalue weighted by Gasteiger charge is 2.22. The number of hydrogen-bond acceptors (Lipinski definition) is 7. The van der Waals surface area contributed by atoms with E-state index in [9.17, 15) is 19.2 Å². The molecule has 0 aliphatic rings. The average molecular weight is 403 g/mol. The highest BCUT2D eigenvalue weighted by atomic mass is 16.5. The quantitative estimate of drug-likeness (QED) is 0.475. The van der Waals surface area contributed by atoms with Crippen molar-refractivity contribution < 1.29 is 14.3 Å². The number of aromatic amines is 1. The zero-order chi connectivity index (χ0) is 21.6. The number of hydrogen-bond donors (Lipinski definition) is 3. The standard InChI is InChI=1S/C19H25N5O5/c1-3-9-24-17(21)16(18(27)22-19(24)28)14(25)11-23(10-8-15(20)26)12-4-6-13(29-2)7-5-12/h4-7H,3,8-11,21H2,1-2H3,(H2,20,26)(H,22,27,28). The Balaban J connectivity index is 2.38. The molecule has 1 amide bonds. The third kappa shape index (κ3) is 5.24. The Morgan fingerprint density at radius 3 is 2.41 bits per heavy atom. The van der Waals surface area contributed by atoms with Crippen molar-refractivity contribution in [2.75, 3.05) is 30.8 Å². The number of amides is 1. The lowest BCUT2D eigenvalue weighted by molar-refractivity contribution is -0.117. The van der Waals surface area contributed by atoms with Gasteiger partial charge in [-0.1, -0.05) is 6.92 Å². The first-order valence-electron chi connectivity index (χ1n) is 9.11. The number of Topliss-reactive ketones (excluding diaryl/α,β-unsaturated/α-hetero) is 1. The third-order valence-electron chi connectivity index (χ3n) is 4.37. The summed E-state index contributed by atoms with van der Waals surface area (Å²) in [5, 5.41) is 0. The topological polar surface area (TPSA) is 154 Å². The molecular formula is C19H25N5O5. The highest BCUT2D eigenvalue weighted by molar-refractivity contribution is 6.02. The molecule has 0 fully saturated rings. The number of benzene rings is 1. The lowest BCUT2D eigenvalue weighted by Crippen LogP contribution is -2.40. The van der Waals surface area contributed by atoms with Gasteiger partial charge in [0, 0.05) is 25.2 Å². The number of ether oxygens (including phenoxy) is 1. The fourth-order valence-corrected chi connectivity index (χ4v) is 2.89. The molecule has 0 bridgehead atoms. The molecule has 1 heterocycles. The molecule has 10 heteroatoms. The number of methoxy groups -OCH3 is 1. The van der Waals surface area contributed by atoms with Gasteiger partial charge in [-0.2, -0.15) is 0 Å². The molecule has 5 N–H and O–H groups in total. The van der Waals surface area contributed by atoms with Gasteiger partial charge in [-0.15, -0.1) is 0 Å². The second kappa shape index (κ2) is 9.58. The smallest absolute Gasteiger partial charge is 0.329 e. The predicted octanol–water partition coefficient (Wildman–Crippen LogP) is 0.102. The Labute approximate surface area is 167 Å². The molecule has 29 heavy (non-hydrogen) atoms. The molecule has 2 rings (SSSR count). The molecule has 156 valence electrons. The van der Waals surface area contributed by atoms with Gasteiger partial charge in [0.25, 0.3) is 5.56 Å². The first kappa shape index (κ1) is 21.7. The van der Waals surface area contributed by atoms with E-state index in [1.807, 2.05) is 6.92 Å². The van der Waals surface area contributed by atoms with Crippen LogP contribution in [0.1, 0.15) is 30.1 Å². The van der Waals surface area contributed by atoms with Crippen LogP contribution in [0.3, 0.4) is 0 Å². The minimum atomic E-state index is -0.838. The van der Waals surface area contributed by atoms with Crippen LogP contribution in [0.25, 0.3) is 0 Å². The lowest BCUT2D eigenvalue weighted by atomic mass is 10.1. The second-order valence-corrected chi connectivity index (χ2v) is 6.43. The molecule has 0 radical (unpaired) electrons. The maximum Gasteiger partial charge on any atom is 0.329 e. The van der Waals surface area contributed by atoms with Crippen LogP contribution in [-0.4, -0.2) is 41.4 Å². The summed E-state index contributed by atoms with van der Waals surface area (Å²) < 4.78 is 6.28. The summed E-state index contributed by atoms with van der Waals surface area (Å²) in [4.78, 5) is 52.1. The van der Waals surface area contributed by atoms with E-state index in [-0.39, 0.29) is 37.4 Å². The van der Waals surface area contributed by atoms with Gasteiger partial charge < -0.3 is 21.1 Å². The van der Waals surface area contributed by atoms with Crippen molar-refractivity contribution in [1.82, 2.24) is 9.55 Å². The summed E-state index contributed by atoms with van der Waals surface area (Å²) >= 11 is 0. The van der Waals surface area contributed by atoms with Crippen LogP contribution in [-0.2, 0) is 11.3 Å². The number of nitrogens with two attached hydrogens (primary N) is 2. The summed E-state index contributed by atoms with van der Waals surface area (Å²) in [6.07, 6.45) is 0.612. The van der Waals surface area contributed by atoms with Crippen molar-refractivity contribution in [2.45, 2.75) is 26.3 Å². The fraction of sp³-hybridized carbons (Fsp3) is 0.368. The SMILES string of the molecule is CCCn1c(N)c(C(=O)CN(CCC(N)=O)c2ccc(OC)cc2)c(=O)[nH]c1=O. The summed E-state index contributed by atoms with van der Waals surface area (Å²) in [6, 6.07) is 6.86. The second-order valence-electron chi connectivity index (χ2n) is 6.43. The van der Waals surface area contributed by atoms with Crippen molar-refractivity contribution >= 4 is 23.2 Å². The van der Waals surface area contributed by atoms with Gasteiger partial charge in [-0.05, 0) is 30.7 Å². The van der Waals surface area contributed by atoms with Crippen molar-refractivity contribution in [3.63, 3.8) is 0 Å². The van der Waals surface area contributed by atoms with Crippen LogP contribution < -0.4 is 32.4 Å². The number of nitrogens with zero attached hydrogens (tertiary/aromatic N) is 2. The lowest BCUT2D eigenvalue weighted by Gasteiger charge is -2.24. The largest absolute Gasteiger partial charge is 0.497 e. The van der Waals surface area contributed by atoms with Crippen LogP contribution >= 0.6 is 0 Å². The molecule has 0 unspecified atom stereocenters. The highest BCUT2D eigenvalue weighted by Crippen LogP contribution is 2.20. The van der Waals surface area contributed by atoms with E-state index in [1.54, 1.807) is 29.2 Å². The van der Waals surface area contributed by atoms with Gasteiger partial charge in [0.05, 0.1) is 13.7 Å². The summed E-state index contributed by atoms with van der Waals surface area (Å²) in [5.41, 5.74) is 10.1. The zero-order valence-electron chi connectivity index (χ0n) is 16.4. The number of carbonyl (C=O) groups excluding carboxylic acids is 2. The Kier molecular flexibility index (Phi) is 7.18. The summed E-state index contributed by atoms with van der Waals surface area (Å²) in [6.45, 7) is 2.05. The maximum absolute atomic E-state index is 12.9. The molecule has 0 atom stereocenters. The van der Waals surface area contributed by atoms with E-state index in [1.165, 1.54) is 7.11 Å². The van der Waals surface area contributed by atoms with Crippen LogP contribution in [0.2, 0.25) is 0 Å². The number of nitrogen functional groups attached to an aromatic ring is 1. The van der Waals surface area contributed by atoms with Gasteiger partial charge in [0.15, 0.2) is 5.78 Å². The zero-order valence-corrected chi connectivity index (χ0v) is 16.4. The maximum atomic E-state index is 12.9. The van der Waals surface area contributed by atoms with E-state index < -0.39 is 22.9 Å². The van der Waals surface area contributed by atoms with Crippen LogP contribution in [0, 0.1) is 0 Å². The van der Waals surface area contributed by atoms with E-state index in [4.69, 9.17) is 16.2 Å². The Hall–Kier alpha value is -3.56. The molecular weight excluding hydrogens is 378 g/mol. The minimum Gasteiger partial charge on any atom is -0.497 e. The first-order valence-corrected chi connectivity index (χ1v) is 9.11. The van der Waals surface area contributed by atoms with Crippen LogP contribution in [0.4, 0.5) is 11.5 Å². The first-order chi connectivity index (χ1) is 13.8. The van der Waals surface area contributed by atoms with Crippen molar-refractivity contribution in [1.29, 1.82) is 0 Å². The van der Waals surface area contributed by atoms with E-state index >= 15 is 0 Å². The number of aromatic nitrogens is 2. The fourth-order valence-electron chi connectivity index (χ4n) is 2.89. The molecule has 0 aliphatic heterocycles. The predicted molar refractivity (Wildman–Crippen MR) is 109 cm³/mol. The number of anilines is 2. The van der Waals surface area contributed by atoms with Gasteiger partial charge in [-0.25, -0.2) is 4.79 Å². The van der Waals surface area contributed by atoms with Crippen LogP contribution in [0.15, 0.2) is 33.9 Å².